The third-order valence-corrected chi connectivity index (χ3v) is 5.85. The zero-order chi connectivity index (χ0) is 20.0. The van der Waals surface area contributed by atoms with Crippen molar-refractivity contribution in [2.75, 3.05) is 0 Å². The minimum Gasteiger partial charge on any atom is -0.283 e. The molecule has 0 aromatic heterocycles. The molecule has 8 heteroatoms. The Bertz CT molecular complexity index is 1070. The first kappa shape index (κ1) is 18.9. The van der Waals surface area contributed by atoms with Gasteiger partial charge in [-0.2, -0.15) is 13.2 Å². The van der Waals surface area contributed by atoms with E-state index in [-0.39, 0.29) is 21.6 Å². The highest BCUT2D eigenvalue weighted by Gasteiger charge is 2.38. The Labute approximate surface area is 154 Å². The number of aryl methyl sites for hydroxylation is 1. The van der Waals surface area contributed by atoms with Crippen LogP contribution in [0.5, 0.6) is 0 Å². The summed E-state index contributed by atoms with van der Waals surface area (Å²) in [4.78, 5) is -0.0627. The molecule has 4 nitrogen and oxygen atoms in total. The second kappa shape index (κ2) is 6.38. The van der Waals surface area contributed by atoms with Crippen LogP contribution in [0.1, 0.15) is 16.7 Å². The number of hydrogen-bond donors (Lipinski definition) is 1. The highest BCUT2D eigenvalue weighted by Crippen LogP contribution is 2.40. The smallest absolute Gasteiger partial charge is 0.283 e. The first-order chi connectivity index (χ1) is 12.5. The summed E-state index contributed by atoms with van der Waals surface area (Å²) >= 11 is 0. The largest absolute Gasteiger partial charge is 0.417 e. The molecule has 1 aliphatic heterocycles. The van der Waals surface area contributed by atoms with E-state index in [4.69, 9.17) is 5.41 Å². The van der Waals surface area contributed by atoms with Gasteiger partial charge in [-0.25, -0.2) is 12.7 Å². The van der Waals surface area contributed by atoms with E-state index < -0.39 is 27.6 Å². The van der Waals surface area contributed by atoms with Crippen LogP contribution < -0.4 is 0 Å². The van der Waals surface area contributed by atoms with Gasteiger partial charge in [-0.05, 0) is 30.7 Å². The highest BCUT2D eigenvalue weighted by atomic mass is 32.2. The molecule has 140 valence electrons. The van der Waals surface area contributed by atoms with E-state index >= 15 is 0 Å². The maximum atomic E-state index is 13.3. The van der Waals surface area contributed by atoms with Crippen LogP contribution in [0.3, 0.4) is 0 Å². The fourth-order valence-electron chi connectivity index (χ4n) is 2.73. The van der Waals surface area contributed by atoms with E-state index in [1.807, 2.05) is 0 Å². The minimum atomic E-state index is -4.62. The van der Waals surface area contributed by atoms with Crippen molar-refractivity contribution in [2.45, 2.75) is 18.0 Å². The summed E-state index contributed by atoms with van der Waals surface area (Å²) in [5, 5.41) is 8.08. The van der Waals surface area contributed by atoms with E-state index in [9.17, 15) is 21.6 Å². The molecular weight excluding hydrogens is 377 g/mol. The molecule has 0 saturated heterocycles. The number of benzene rings is 2. The van der Waals surface area contributed by atoms with Crippen LogP contribution >= 0.6 is 0 Å². The van der Waals surface area contributed by atoms with Crippen LogP contribution in [0.15, 0.2) is 71.8 Å². The van der Waals surface area contributed by atoms with Gasteiger partial charge < -0.3 is 0 Å². The highest BCUT2D eigenvalue weighted by molar-refractivity contribution is 7.89. The van der Waals surface area contributed by atoms with E-state index in [1.54, 1.807) is 19.1 Å². The van der Waals surface area contributed by atoms with Gasteiger partial charge in [0.25, 0.3) is 10.0 Å². The molecule has 27 heavy (non-hydrogen) atoms. The Morgan fingerprint density at radius 2 is 1.63 bits per heavy atom. The minimum absolute atomic E-state index is 0.0522. The van der Waals surface area contributed by atoms with Gasteiger partial charge in [0.05, 0.1) is 10.5 Å². The van der Waals surface area contributed by atoms with Gasteiger partial charge in [0.1, 0.15) is 5.84 Å². The van der Waals surface area contributed by atoms with E-state index in [0.29, 0.717) is 4.31 Å². The topological polar surface area (TPSA) is 61.2 Å². The second-order valence-electron chi connectivity index (χ2n) is 6.03. The number of sulfonamides is 1. The predicted octanol–water partition coefficient (Wildman–Crippen LogP) is 4.59. The second-order valence-corrected chi connectivity index (χ2v) is 7.84. The Hall–Kier alpha value is -2.87. The molecule has 2 aromatic rings. The molecule has 0 fully saturated rings. The monoisotopic (exact) mass is 392 g/mol. The third-order valence-electron chi connectivity index (χ3n) is 4.18. The lowest BCUT2D eigenvalue weighted by molar-refractivity contribution is -0.137. The average Bonchev–Trinajstić information content (AvgIpc) is 2.90. The Morgan fingerprint density at radius 3 is 2.22 bits per heavy atom. The summed E-state index contributed by atoms with van der Waals surface area (Å²) in [6.45, 7) is 5.42. The predicted molar refractivity (Wildman–Crippen MR) is 96.5 cm³/mol. The van der Waals surface area contributed by atoms with Crippen LogP contribution in [-0.4, -0.2) is 18.6 Å². The third kappa shape index (κ3) is 3.28. The van der Waals surface area contributed by atoms with Crippen LogP contribution in [-0.2, 0) is 16.2 Å². The molecular formula is C19H15F3N2O2S. The van der Waals surface area contributed by atoms with E-state index in [2.05, 4.69) is 6.58 Å². The quantitative estimate of drug-likeness (QED) is 0.830. The number of hydrogen-bond acceptors (Lipinski definition) is 3. The number of nitrogens with zero attached hydrogens (tertiary/aromatic N) is 1. The van der Waals surface area contributed by atoms with Crippen molar-refractivity contribution < 1.29 is 21.6 Å². The molecule has 1 aliphatic rings. The lowest BCUT2D eigenvalue weighted by Crippen LogP contribution is -2.29. The van der Waals surface area contributed by atoms with Crippen LogP contribution in [0.4, 0.5) is 13.2 Å². The van der Waals surface area contributed by atoms with Crippen molar-refractivity contribution in [3.05, 3.63) is 83.6 Å². The molecule has 0 saturated carbocycles. The molecule has 0 amide bonds. The summed E-state index contributed by atoms with van der Waals surface area (Å²) < 4.78 is 66.3. The number of rotatable bonds is 3. The number of nitrogens with one attached hydrogen (secondary N) is 1. The fraction of sp³-hybridized carbons (Fsp3) is 0.105. The molecule has 0 spiro atoms. The SMILES string of the molecule is C=C1C(=N)N(S(=O)(=O)c2ccc(C)cc2)C=C1c1ccccc1C(F)(F)F. The summed E-state index contributed by atoms with van der Waals surface area (Å²) in [6.07, 6.45) is -3.60. The first-order valence-corrected chi connectivity index (χ1v) is 9.25. The molecule has 0 atom stereocenters. The summed E-state index contributed by atoms with van der Waals surface area (Å²) in [5.41, 5.74) is -0.433. The molecule has 1 heterocycles. The van der Waals surface area contributed by atoms with Crippen LogP contribution in [0.2, 0.25) is 0 Å². The Kier molecular flexibility index (Phi) is 4.47. The Morgan fingerprint density at radius 1 is 1.04 bits per heavy atom. The van der Waals surface area contributed by atoms with Gasteiger partial charge in [-0.15, -0.1) is 0 Å². The normalized spacial score (nSPS) is 15.3. The molecule has 0 unspecified atom stereocenters. The van der Waals surface area contributed by atoms with Gasteiger partial charge in [0.2, 0.25) is 0 Å². The number of halogens is 3. The van der Waals surface area contributed by atoms with Crippen molar-refractivity contribution in [3.8, 4) is 0 Å². The maximum Gasteiger partial charge on any atom is 0.417 e. The van der Waals surface area contributed by atoms with Gasteiger partial charge in [-0.1, -0.05) is 42.5 Å². The molecule has 0 radical (unpaired) electrons. The van der Waals surface area contributed by atoms with Crippen molar-refractivity contribution in [1.82, 2.24) is 4.31 Å². The lowest BCUT2D eigenvalue weighted by atomic mass is 9.96. The molecule has 2 aromatic carbocycles. The summed E-state index contributed by atoms with van der Waals surface area (Å²) in [6, 6.07) is 10.8. The number of alkyl halides is 3. The van der Waals surface area contributed by atoms with Crippen molar-refractivity contribution in [1.29, 1.82) is 5.41 Å². The van der Waals surface area contributed by atoms with Gasteiger partial charge in [0, 0.05) is 17.3 Å². The average molecular weight is 392 g/mol. The van der Waals surface area contributed by atoms with Gasteiger partial charge in [-0.3, -0.25) is 5.41 Å². The Balaban J connectivity index is 2.12. The number of amidine groups is 1. The molecule has 0 aliphatic carbocycles. The van der Waals surface area contributed by atoms with Crippen LogP contribution in [0, 0.1) is 12.3 Å². The van der Waals surface area contributed by atoms with E-state index in [1.165, 1.54) is 30.3 Å². The van der Waals surface area contributed by atoms with Crippen LogP contribution in [0.25, 0.3) is 5.57 Å². The van der Waals surface area contributed by atoms with Crippen molar-refractivity contribution in [3.63, 3.8) is 0 Å². The molecule has 3 rings (SSSR count). The zero-order valence-corrected chi connectivity index (χ0v) is 15.0. The lowest BCUT2D eigenvalue weighted by Gasteiger charge is -2.16. The fourth-order valence-corrected chi connectivity index (χ4v) is 4.03. The maximum absolute atomic E-state index is 13.3. The van der Waals surface area contributed by atoms with Gasteiger partial charge >= 0.3 is 6.18 Å². The zero-order valence-electron chi connectivity index (χ0n) is 14.2. The first-order valence-electron chi connectivity index (χ1n) is 7.81. The summed E-state index contributed by atoms with van der Waals surface area (Å²) in [7, 11) is -4.14. The molecule has 0 bridgehead atoms. The standard InChI is InChI=1S/C19H15F3N2O2S/c1-12-7-9-14(10-8-12)27(25,26)24-11-16(13(2)18(24)23)15-5-3-4-6-17(15)19(20,21)22/h3-11,23H,2H2,1H3. The molecule has 1 N–H and O–H groups in total. The van der Waals surface area contributed by atoms with Gasteiger partial charge in [0.15, 0.2) is 0 Å². The van der Waals surface area contributed by atoms with E-state index in [0.717, 1.165) is 17.8 Å². The summed E-state index contributed by atoms with van der Waals surface area (Å²) in [5.74, 6) is -0.484. The van der Waals surface area contributed by atoms with Crippen molar-refractivity contribution in [2.24, 2.45) is 0 Å². The van der Waals surface area contributed by atoms with Crippen molar-refractivity contribution >= 4 is 21.4 Å².